The number of hydrogen-bond acceptors (Lipinski definition) is 5. The van der Waals surface area contributed by atoms with Gasteiger partial charge in [-0.1, -0.05) is 12.1 Å². The minimum Gasteiger partial charge on any atom is -0.492 e. The zero-order valence-corrected chi connectivity index (χ0v) is 14.7. The first kappa shape index (κ1) is 15.7. The second-order valence-electron chi connectivity index (χ2n) is 6.24. The smallest absolute Gasteiger partial charge is 0.154 e. The lowest BCUT2D eigenvalue weighted by atomic mass is 10.2. The minimum absolute atomic E-state index is 0.684. The molecule has 0 aliphatic carbocycles. The average Bonchev–Trinajstić information content (AvgIpc) is 3.03. The van der Waals surface area contributed by atoms with Crippen molar-refractivity contribution in [1.82, 2.24) is 14.6 Å². The summed E-state index contributed by atoms with van der Waals surface area (Å²) < 4.78 is 7.69. The third-order valence-electron chi connectivity index (χ3n) is 4.58. The van der Waals surface area contributed by atoms with Gasteiger partial charge in [0.25, 0.3) is 0 Å². The molecule has 0 saturated carbocycles. The van der Waals surface area contributed by atoms with Gasteiger partial charge in [0.05, 0.1) is 18.0 Å². The molecule has 0 spiro atoms. The molecular weight excluding hydrogens is 314 g/mol. The van der Waals surface area contributed by atoms with Crippen LogP contribution < -0.4 is 14.5 Å². The Balaban J connectivity index is 1.53. The van der Waals surface area contributed by atoms with Crippen molar-refractivity contribution >= 4 is 17.0 Å². The number of ether oxygens (including phenoxy) is 1. The lowest BCUT2D eigenvalue weighted by molar-refractivity contribution is 0.340. The first-order valence-corrected chi connectivity index (χ1v) is 8.79. The number of rotatable bonds is 4. The minimum atomic E-state index is 0.684. The molecule has 6 heteroatoms. The van der Waals surface area contributed by atoms with Crippen LogP contribution in [0.15, 0.2) is 42.7 Å². The van der Waals surface area contributed by atoms with Crippen molar-refractivity contribution < 1.29 is 4.74 Å². The zero-order valence-electron chi connectivity index (χ0n) is 14.7. The summed E-state index contributed by atoms with van der Waals surface area (Å²) in [5, 5.41) is 4.49. The van der Waals surface area contributed by atoms with E-state index in [2.05, 4.69) is 38.1 Å². The van der Waals surface area contributed by atoms with E-state index in [0.29, 0.717) is 6.61 Å². The van der Waals surface area contributed by atoms with Crippen LogP contribution in [0, 0.1) is 6.92 Å². The first-order chi connectivity index (χ1) is 12.3. The third kappa shape index (κ3) is 2.99. The molecule has 2 aromatic heterocycles. The molecule has 0 unspecified atom stereocenters. The van der Waals surface area contributed by atoms with Crippen molar-refractivity contribution in [2.45, 2.75) is 13.8 Å². The number of fused-ring (bicyclic) bond motifs is 1. The maximum atomic E-state index is 5.78. The molecule has 130 valence electrons. The highest BCUT2D eigenvalue weighted by Gasteiger charge is 2.22. The summed E-state index contributed by atoms with van der Waals surface area (Å²) in [7, 11) is 0. The van der Waals surface area contributed by atoms with Crippen LogP contribution >= 0.6 is 0 Å². The zero-order chi connectivity index (χ0) is 17.2. The number of hydrogen-bond donors (Lipinski definition) is 0. The van der Waals surface area contributed by atoms with Gasteiger partial charge in [-0.25, -0.2) is 9.50 Å². The summed E-state index contributed by atoms with van der Waals surface area (Å²) in [5.74, 6) is 1.98. The molecule has 1 fully saturated rings. The molecule has 25 heavy (non-hydrogen) atoms. The Labute approximate surface area is 147 Å². The number of aromatic nitrogens is 3. The molecule has 1 saturated heterocycles. The van der Waals surface area contributed by atoms with Gasteiger partial charge in [-0.05, 0) is 32.0 Å². The van der Waals surface area contributed by atoms with Crippen LogP contribution in [0.3, 0.4) is 0 Å². The van der Waals surface area contributed by atoms with Gasteiger partial charge in [0.1, 0.15) is 11.3 Å². The van der Waals surface area contributed by atoms with E-state index in [0.717, 1.165) is 49.0 Å². The van der Waals surface area contributed by atoms with E-state index in [1.165, 1.54) is 5.69 Å². The molecule has 6 nitrogen and oxygen atoms in total. The van der Waals surface area contributed by atoms with Crippen molar-refractivity contribution in [1.29, 1.82) is 0 Å². The largest absolute Gasteiger partial charge is 0.492 e. The van der Waals surface area contributed by atoms with Crippen molar-refractivity contribution in [3.05, 3.63) is 48.4 Å². The topological polar surface area (TPSA) is 45.9 Å². The van der Waals surface area contributed by atoms with Crippen LogP contribution in [-0.2, 0) is 0 Å². The Morgan fingerprint density at radius 3 is 2.64 bits per heavy atom. The molecule has 1 aliphatic rings. The molecular formula is C19H23N5O. The number of anilines is 2. The second-order valence-corrected chi connectivity index (χ2v) is 6.24. The summed E-state index contributed by atoms with van der Waals surface area (Å²) >= 11 is 0. The summed E-state index contributed by atoms with van der Waals surface area (Å²) in [6, 6.07) is 10.4. The van der Waals surface area contributed by atoms with E-state index in [-0.39, 0.29) is 0 Å². The lowest BCUT2D eigenvalue weighted by Gasteiger charge is -2.37. The molecule has 1 aliphatic heterocycles. The SMILES string of the molecule is CCOc1ccccc1N1CCN(c2nccn3nc(C)cc23)CC1. The number of benzene rings is 1. The van der Waals surface area contributed by atoms with Crippen molar-refractivity contribution in [2.24, 2.45) is 0 Å². The van der Waals surface area contributed by atoms with Gasteiger partial charge in [-0.15, -0.1) is 0 Å². The summed E-state index contributed by atoms with van der Waals surface area (Å²) in [5.41, 5.74) is 3.26. The van der Waals surface area contributed by atoms with Gasteiger partial charge in [0.15, 0.2) is 5.82 Å². The molecule has 0 atom stereocenters. The van der Waals surface area contributed by atoms with Gasteiger partial charge in [0.2, 0.25) is 0 Å². The van der Waals surface area contributed by atoms with Crippen LogP contribution in [0.25, 0.3) is 5.52 Å². The normalized spacial score (nSPS) is 15.0. The maximum Gasteiger partial charge on any atom is 0.154 e. The van der Waals surface area contributed by atoms with E-state index >= 15 is 0 Å². The Morgan fingerprint density at radius 1 is 1.08 bits per heavy atom. The molecule has 0 bridgehead atoms. The van der Waals surface area contributed by atoms with E-state index < -0.39 is 0 Å². The van der Waals surface area contributed by atoms with Crippen molar-refractivity contribution in [3.63, 3.8) is 0 Å². The van der Waals surface area contributed by atoms with E-state index in [1.54, 1.807) is 0 Å². The van der Waals surface area contributed by atoms with Gasteiger partial charge >= 0.3 is 0 Å². The van der Waals surface area contributed by atoms with Crippen LogP contribution in [-0.4, -0.2) is 47.4 Å². The van der Waals surface area contributed by atoms with Crippen molar-refractivity contribution in [2.75, 3.05) is 42.6 Å². The highest BCUT2D eigenvalue weighted by atomic mass is 16.5. The summed E-state index contributed by atoms with van der Waals surface area (Å²) in [6.45, 7) is 8.46. The second kappa shape index (κ2) is 6.63. The number of piperazine rings is 1. The van der Waals surface area contributed by atoms with Gasteiger partial charge in [-0.3, -0.25) is 0 Å². The van der Waals surface area contributed by atoms with Crippen LogP contribution in [0.1, 0.15) is 12.6 Å². The first-order valence-electron chi connectivity index (χ1n) is 8.79. The molecule has 3 heterocycles. The predicted octanol–water partition coefficient (Wildman–Crippen LogP) is 2.76. The fourth-order valence-electron chi connectivity index (χ4n) is 3.43. The predicted molar refractivity (Wildman–Crippen MR) is 99.8 cm³/mol. The van der Waals surface area contributed by atoms with E-state index in [4.69, 9.17) is 4.74 Å². The number of para-hydroxylation sites is 2. The Kier molecular flexibility index (Phi) is 4.17. The third-order valence-corrected chi connectivity index (χ3v) is 4.58. The Hall–Kier alpha value is -2.76. The van der Waals surface area contributed by atoms with Gasteiger partial charge < -0.3 is 14.5 Å². The highest BCUT2D eigenvalue weighted by Crippen LogP contribution is 2.30. The summed E-state index contributed by atoms with van der Waals surface area (Å²) in [4.78, 5) is 9.35. The molecule has 0 radical (unpaired) electrons. The fraction of sp³-hybridized carbons (Fsp3) is 0.368. The standard InChI is InChI=1S/C19H23N5O/c1-3-25-18-7-5-4-6-16(18)22-10-12-23(13-11-22)19-17-14-15(2)21-24(17)9-8-20-19/h4-9,14H,3,10-13H2,1-2H3. The average molecular weight is 337 g/mol. The molecule has 0 N–H and O–H groups in total. The number of nitrogens with zero attached hydrogens (tertiary/aromatic N) is 5. The molecule has 4 rings (SSSR count). The molecule has 0 amide bonds. The van der Waals surface area contributed by atoms with Crippen molar-refractivity contribution in [3.8, 4) is 5.75 Å². The van der Waals surface area contributed by atoms with Gasteiger partial charge in [-0.2, -0.15) is 5.10 Å². The van der Waals surface area contributed by atoms with Crippen LogP contribution in [0.2, 0.25) is 0 Å². The fourth-order valence-corrected chi connectivity index (χ4v) is 3.43. The van der Waals surface area contributed by atoms with E-state index in [1.807, 2.05) is 42.9 Å². The molecule has 1 aromatic carbocycles. The van der Waals surface area contributed by atoms with Crippen LogP contribution in [0.4, 0.5) is 11.5 Å². The summed E-state index contributed by atoms with van der Waals surface area (Å²) in [6.07, 6.45) is 3.73. The number of aryl methyl sites for hydroxylation is 1. The maximum absolute atomic E-state index is 5.78. The van der Waals surface area contributed by atoms with Crippen LogP contribution in [0.5, 0.6) is 5.75 Å². The van der Waals surface area contributed by atoms with E-state index in [9.17, 15) is 0 Å². The Morgan fingerprint density at radius 2 is 1.84 bits per heavy atom. The Bertz CT molecular complexity index is 867. The quantitative estimate of drug-likeness (QED) is 0.732. The molecule has 3 aromatic rings. The van der Waals surface area contributed by atoms with Gasteiger partial charge in [0, 0.05) is 38.6 Å². The highest BCUT2D eigenvalue weighted by molar-refractivity contribution is 5.70. The lowest BCUT2D eigenvalue weighted by Crippen LogP contribution is -2.47. The monoisotopic (exact) mass is 337 g/mol.